The Morgan fingerprint density at radius 3 is 2.78 bits per heavy atom. The molecule has 1 N–H and O–H groups in total. The van der Waals surface area contributed by atoms with Gasteiger partial charge in [0.05, 0.1) is 24.0 Å². The SMILES string of the molecule is COc1cc(F)c2ncc(F)c(CCN3CCC(N(C)C(=O)c4ccc5c(n4)NC(=O)CS5)CC3)c2c1. The van der Waals surface area contributed by atoms with Gasteiger partial charge in [0.2, 0.25) is 5.91 Å². The van der Waals surface area contributed by atoms with E-state index in [-0.39, 0.29) is 23.4 Å². The Kier molecular flexibility index (Phi) is 7.25. The fourth-order valence-electron chi connectivity index (χ4n) is 4.86. The summed E-state index contributed by atoms with van der Waals surface area (Å²) in [4.78, 5) is 37.9. The number of pyridine rings is 2. The first-order valence-corrected chi connectivity index (χ1v) is 13.1. The standard InChI is InChI=1S/C26H27F2N5O3S/c1-32(26(35)21-3-4-22-25(30-21)31-23(34)14-37-22)15-5-8-33(9-6-15)10-7-17-18-11-16(36-2)12-19(27)24(18)29-13-20(17)28/h3-4,11-13,15H,5-10,14H2,1-2H3,(H,30,31,34). The molecule has 0 saturated carbocycles. The Bertz CT molecular complexity index is 1360. The zero-order valence-electron chi connectivity index (χ0n) is 20.6. The van der Waals surface area contributed by atoms with Crippen LogP contribution in [0.1, 0.15) is 28.9 Å². The maximum absolute atomic E-state index is 14.7. The number of piperidine rings is 1. The second-order valence-electron chi connectivity index (χ2n) is 9.21. The van der Waals surface area contributed by atoms with Crippen molar-refractivity contribution in [2.24, 2.45) is 0 Å². The van der Waals surface area contributed by atoms with Crippen LogP contribution in [-0.2, 0) is 11.2 Å². The summed E-state index contributed by atoms with van der Waals surface area (Å²) in [7, 11) is 3.22. The number of likely N-dealkylation sites (tertiary alicyclic amines) is 1. The number of halogens is 2. The number of methoxy groups -OCH3 is 1. The lowest BCUT2D eigenvalue weighted by Gasteiger charge is -2.36. The van der Waals surface area contributed by atoms with Crippen molar-refractivity contribution in [3.63, 3.8) is 0 Å². The number of amides is 2. The van der Waals surface area contributed by atoms with Crippen LogP contribution < -0.4 is 10.1 Å². The molecule has 8 nitrogen and oxygen atoms in total. The first-order chi connectivity index (χ1) is 17.8. The topological polar surface area (TPSA) is 87.7 Å². The highest BCUT2D eigenvalue weighted by Crippen LogP contribution is 2.31. The second kappa shape index (κ2) is 10.6. The third-order valence-electron chi connectivity index (χ3n) is 6.99. The Balaban J connectivity index is 1.20. The average molecular weight is 528 g/mol. The lowest BCUT2D eigenvalue weighted by molar-refractivity contribution is -0.113. The van der Waals surface area contributed by atoms with Crippen LogP contribution in [0.4, 0.5) is 14.6 Å². The highest BCUT2D eigenvalue weighted by atomic mass is 32.2. The maximum atomic E-state index is 14.7. The predicted octanol–water partition coefficient (Wildman–Crippen LogP) is 3.74. The Labute approximate surface area is 217 Å². The van der Waals surface area contributed by atoms with Gasteiger partial charge < -0.3 is 19.9 Å². The van der Waals surface area contributed by atoms with E-state index in [9.17, 15) is 18.4 Å². The van der Waals surface area contributed by atoms with Crippen LogP contribution in [0.15, 0.2) is 35.4 Å². The third kappa shape index (κ3) is 5.24. The molecule has 194 valence electrons. The molecule has 4 heterocycles. The molecular formula is C26H27F2N5O3S. The number of carbonyl (C=O) groups is 2. The molecule has 2 aliphatic heterocycles. The number of fused-ring (bicyclic) bond motifs is 2. The van der Waals surface area contributed by atoms with E-state index in [1.54, 1.807) is 24.1 Å². The molecule has 2 amide bonds. The van der Waals surface area contributed by atoms with E-state index in [4.69, 9.17) is 4.74 Å². The van der Waals surface area contributed by atoms with Crippen molar-refractivity contribution in [2.45, 2.75) is 30.2 Å². The van der Waals surface area contributed by atoms with Gasteiger partial charge >= 0.3 is 0 Å². The minimum absolute atomic E-state index is 0.0439. The zero-order valence-corrected chi connectivity index (χ0v) is 21.4. The van der Waals surface area contributed by atoms with Crippen LogP contribution >= 0.6 is 11.8 Å². The van der Waals surface area contributed by atoms with Crippen molar-refractivity contribution in [3.05, 3.63) is 53.4 Å². The number of thioether (sulfide) groups is 1. The van der Waals surface area contributed by atoms with Crippen molar-refractivity contribution < 1.29 is 23.1 Å². The quantitative estimate of drug-likeness (QED) is 0.523. The molecule has 1 fully saturated rings. The maximum Gasteiger partial charge on any atom is 0.272 e. The van der Waals surface area contributed by atoms with Crippen LogP contribution in [-0.4, -0.2) is 77.2 Å². The minimum Gasteiger partial charge on any atom is -0.497 e. The number of aromatic nitrogens is 2. The average Bonchev–Trinajstić information content (AvgIpc) is 2.91. The smallest absolute Gasteiger partial charge is 0.272 e. The van der Waals surface area contributed by atoms with Gasteiger partial charge in [-0.25, -0.2) is 13.8 Å². The lowest BCUT2D eigenvalue weighted by atomic mass is 10.0. The molecule has 0 aliphatic carbocycles. The van der Waals surface area contributed by atoms with E-state index in [0.717, 1.165) is 37.0 Å². The summed E-state index contributed by atoms with van der Waals surface area (Å²) < 4.78 is 34.2. The van der Waals surface area contributed by atoms with E-state index in [1.165, 1.54) is 24.9 Å². The monoisotopic (exact) mass is 527 g/mol. The summed E-state index contributed by atoms with van der Waals surface area (Å²) in [5, 5.41) is 3.15. The Morgan fingerprint density at radius 1 is 1.24 bits per heavy atom. The molecule has 11 heteroatoms. The molecule has 5 rings (SSSR count). The predicted molar refractivity (Wildman–Crippen MR) is 137 cm³/mol. The number of nitrogens with zero attached hydrogens (tertiary/aromatic N) is 4. The van der Waals surface area contributed by atoms with E-state index in [0.29, 0.717) is 46.9 Å². The molecule has 1 saturated heterocycles. The zero-order chi connectivity index (χ0) is 26.1. The number of hydrogen-bond donors (Lipinski definition) is 1. The van der Waals surface area contributed by atoms with Crippen molar-refractivity contribution in [3.8, 4) is 5.75 Å². The lowest BCUT2D eigenvalue weighted by Crippen LogP contribution is -2.46. The van der Waals surface area contributed by atoms with Crippen LogP contribution in [0, 0.1) is 11.6 Å². The van der Waals surface area contributed by atoms with Gasteiger partial charge in [0.25, 0.3) is 5.91 Å². The van der Waals surface area contributed by atoms with Crippen LogP contribution in [0.3, 0.4) is 0 Å². The first-order valence-electron chi connectivity index (χ1n) is 12.1. The molecule has 0 unspecified atom stereocenters. The fraction of sp³-hybridized carbons (Fsp3) is 0.385. The molecular weight excluding hydrogens is 500 g/mol. The van der Waals surface area contributed by atoms with E-state index in [1.807, 2.05) is 6.07 Å². The largest absolute Gasteiger partial charge is 0.497 e. The molecule has 0 radical (unpaired) electrons. The summed E-state index contributed by atoms with van der Waals surface area (Å²) in [6, 6.07) is 6.42. The molecule has 3 aromatic rings. The van der Waals surface area contributed by atoms with Gasteiger partial charge in [-0.3, -0.25) is 14.6 Å². The molecule has 37 heavy (non-hydrogen) atoms. The minimum atomic E-state index is -0.543. The van der Waals surface area contributed by atoms with Gasteiger partial charge in [-0.15, -0.1) is 11.8 Å². The van der Waals surface area contributed by atoms with Crippen molar-refractivity contribution in [1.82, 2.24) is 19.8 Å². The van der Waals surface area contributed by atoms with Gasteiger partial charge in [-0.1, -0.05) is 0 Å². The van der Waals surface area contributed by atoms with Gasteiger partial charge in [0, 0.05) is 49.7 Å². The fourth-order valence-corrected chi connectivity index (χ4v) is 5.62. The van der Waals surface area contributed by atoms with Gasteiger partial charge in [0.1, 0.15) is 28.6 Å². The number of benzene rings is 1. The number of carbonyl (C=O) groups excluding carboxylic acids is 2. The molecule has 2 aromatic heterocycles. The number of hydrogen-bond acceptors (Lipinski definition) is 7. The number of rotatable bonds is 6. The second-order valence-corrected chi connectivity index (χ2v) is 10.2. The van der Waals surface area contributed by atoms with Crippen LogP contribution in [0.25, 0.3) is 10.9 Å². The summed E-state index contributed by atoms with van der Waals surface area (Å²) in [5.74, 6) is -0.224. The summed E-state index contributed by atoms with van der Waals surface area (Å²) in [5.41, 5.74) is 0.847. The van der Waals surface area contributed by atoms with E-state index < -0.39 is 11.6 Å². The molecule has 0 atom stereocenters. The van der Waals surface area contributed by atoms with Crippen LogP contribution in [0.2, 0.25) is 0 Å². The summed E-state index contributed by atoms with van der Waals surface area (Å²) >= 11 is 1.40. The molecule has 0 spiro atoms. The first kappa shape index (κ1) is 25.3. The Hall–Kier alpha value is -3.31. The normalized spacial score (nSPS) is 16.4. The summed E-state index contributed by atoms with van der Waals surface area (Å²) in [6.07, 6.45) is 3.00. The van der Waals surface area contributed by atoms with Gasteiger partial charge in [-0.05, 0) is 37.5 Å². The summed E-state index contributed by atoms with van der Waals surface area (Å²) in [6.45, 7) is 2.09. The molecule has 1 aromatic carbocycles. The van der Waals surface area contributed by atoms with Gasteiger partial charge in [0.15, 0.2) is 5.82 Å². The van der Waals surface area contributed by atoms with Crippen molar-refractivity contribution >= 4 is 40.3 Å². The number of ether oxygens (including phenoxy) is 1. The highest BCUT2D eigenvalue weighted by molar-refractivity contribution is 8.00. The van der Waals surface area contributed by atoms with Crippen molar-refractivity contribution in [2.75, 3.05) is 44.9 Å². The van der Waals surface area contributed by atoms with Crippen LogP contribution in [0.5, 0.6) is 5.75 Å². The molecule has 0 bridgehead atoms. The van der Waals surface area contributed by atoms with E-state index >= 15 is 0 Å². The Morgan fingerprint density at radius 2 is 2.03 bits per heavy atom. The van der Waals surface area contributed by atoms with Gasteiger partial charge in [-0.2, -0.15) is 0 Å². The van der Waals surface area contributed by atoms with E-state index in [2.05, 4.69) is 20.2 Å². The third-order valence-corrected chi connectivity index (χ3v) is 8.04. The number of anilines is 1. The number of nitrogens with one attached hydrogen (secondary N) is 1. The highest BCUT2D eigenvalue weighted by Gasteiger charge is 2.28. The molecule has 2 aliphatic rings. The van der Waals surface area contributed by atoms with Crippen molar-refractivity contribution in [1.29, 1.82) is 0 Å².